The van der Waals surface area contributed by atoms with Crippen molar-refractivity contribution >= 4 is 17.6 Å². The average molecular weight is 539 g/mol. The van der Waals surface area contributed by atoms with Gasteiger partial charge in [0.1, 0.15) is 12.7 Å². The minimum atomic E-state index is -0.817. The summed E-state index contributed by atoms with van der Waals surface area (Å²) in [5, 5.41) is 10.5. The Morgan fingerprint density at radius 3 is 2.62 bits per heavy atom. The zero-order valence-electron chi connectivity index (χ0n) is 24.1. The topological polar surface area (TPSA) is 83.2 Å². The van der Waals surface area contributed by atoms with E-state index in [9.17, 15) is 14.7 Å². The minimum Gasteiger partial charge on any atom is -0.481 e. The number of aromatic nitrogens is 1. The number of nitrogens with zero attached hydrogens (tertiary/aromatic N) is 3. The van der Waals surface area contributed by atoms with E-state index in [1.165, 1.54) is 0 Å². The molecule has 2 aromatic rings. The van der Waals surface area contributed by atoms with Crippen molar-refractivity contribution in [3.63, 3.8) is 0 Å². The van der Waals surface area contributed by atoms with Crippen LogP contribution in [0.5, 0.6) is 11.5 Å². The van der Waals surface area contributed by atoms with Crippen LogP contribution < -0.4 is 18.9 Å². The molecule has 4 rings (SSSR count). The highest BCUT2D eigenvalue weighted by molar-refractivity contribution is 5.94. The number of rotatable bonds is 12. The molecule has 0 radical (unpaired) electrons. The molecule has 1 aromatic heterocycles. The Balaban J connectivity index is 1.66. The first-order chi connectivity index (χ1) is 18.6. The Morgan fingerprint density at radius 2 is 1.92 bits per heavy atom. The summed E-state index contributed by atoms with van der Waals surface area (Å²) in [6.07, 6.45) is 8.53. The van der Waals surface area contributed by atoms with E-state index in [2.05, 4.69) is 32.6 Å². The Bertz CT molecular complexity index is 1170. The Kier molecular flexibility index (Phi) is 9.15. The third-order valence-electron chi connectivity index (χ3n) is 8.16. The van der Waals surface area contributed by atoms with E-state index in [4.69, 9.17) is 9.47 Å². The number of carbonyl (C=O) groups is 2. The maximum atomic E-state index is 13.9. The number of fused-ring (bicyclic) bond motifs is 1. The lowest BCUT2D eigenvalue weighted by Gasteiger charge is -2.35. The largest absolute Gasteiger partial charge is 0.481 e. The van der Waals surface area contributed by atoms with Crippen LogP contribution in [0.4, 0.5) is 5.69 Å². The van der Waals surface area contributed by atoms with Crippen molar-refractivity contribution in [2.45, 2.75) is 71.8 Å². The van der Waals surface area contributed by atoms with Crippen molar-refractivity contribution in [3.05, 3.63) is 48.3 Å². The number of hydrogen-bond acceptors (Lipinski definition) is 5. The number of pyridine rings is 1. The Labute approximate surface area is 232 Å². The number of carboxylic acids is 1. The summed E-state index contributed by atoms with van der Waals surface area (Å²) in [6, 6.07) is 9.38. The fraction of sp³-hybridized carbons (Fsp3) is 0.581. The molecule has 0 unspecified atom stereocenters. The lowest BCUT2D eigenvalue weighted by molar-refractivity contribution is -0.670. The van der Waals surface area contributed by atoms with Crippen molar-refractivity contribution in [1.82, 2.24) is 4.90 Å². The highest BCUT2D eigenvalue weighted by atomic mass is 16.7. The van der Waals surface area contributed by atoms with Gasteiger partial charge in [0.25, 0.3) is 0 Å². The quantitative estimate of drug-likeness (QED) is 0.393. The van der Waals surface area contributed by atoms with Crippen molar-refractivity contribution in [1.29, 1.82) is 0 Å². The van der Waals surface area contributed by atoms with Crippen LogP contribution >= 0.6 is 0 Å². The van der Waals surface area contributed by atoms with E-state index in [0.717, 1.165) is 36.9 Å². The fourth-order valence-corrected chi connectivity index (χ4v) is 6.28. The van der Waals surface area contributed by atoms with Gasteiger partial charge in [0.15, 0.2) is 23.9 Å². The first-order valence-corrected chi connectivity index (χ1v) is 14.3. The maximum Gasteiger partial charge on any atom is 0.308 e. The summed E-state index contributed by atoms with van der Waals surface area (Å²) in [5.41, 5.74) is 1.73. The van der Waals surface area contributed by atoms with Crippen LogP contribution in [0.25, 0.3) is 0 Å². The molecule has 0 bridgehead atoms. The molecule has 1 N–H and O–H groups in total. The van der Waals surface area contributed by atoms with Crippen LogP contribution in [0, 0.1) is 11.3 Å². The van der Waals surface area contributed by atoms with Gasteiger partial charge in [-0.2, -0.15) is 0 Å². The molecular formula is C31H44N3O5+. The van der Waals surface area contributed by atoms with E-state index in [1.54, 1.807) is 0 Å². The summed E-state index contributed by atoms with van der Waals surface area (Å²) in [7, 11) is 1.95. The van der Waals surface area contributed by atoms with Gasteiger partial charge in [-0.3, -0.25) is 14.5 Å². The number of ether oxygens (including phenoxy) is 2. The van der Waals surface area contributed by atoms with Crippen LogP contribution in [0.1, 0.15) is 71.3 Å². The molecule has 2 aliphatic heterocycles. The number of aliphatic carboxylic acids is 1. The van der Waals surface area contributed by atoms with Crippen molar-refractivity contribution in [3.8, 4) is 11.5 Å². The number of carbonyl (C=O) groups excluding carboxylic acids is 1. The zero-order chi connectivity index (χ0) is 28.2. The van der Waals surface area contributed by atoms with E-state index in [1.807, 2.05) is 59.2 Å². The van der Waals surface area contributed by atoms with Crippen LogP contribution in [0.3, 0.4) is 0 Å². The lowest BCUT2D eigenvalue weighted by Crippen LogP contribution is -2.46. The molecular weight excluding hydrogens is 494 g/mol. The number of carboxylic acid groups (broad SMARTS) is 1. The molecule has 1 saturated heterocycles. The number of likely N-dealkylation sites (tertiary alicyclic amines) is 1. The molecule has 1 fully saturated rings. The normalized spacial score (nSPS) is 20.8. The first kappa shape index (κ1) is 28.9. The number of unbranched alkanes of at least 4 members (excludes halogenated alkanes) is 1. The highest BCUT2D eigenvalue weighted by Crippen LogP contribution is 2.45. The Morgan fingerprint density at radius 1 is 1.15 bits per heavy atom. The summed E-state index contributed by atoms with van der Waals surface area (Å²) < 4.78 is 13.0. The first-order valence-electron chi connectivity index (χ1n) is 14.3. The molecule has 212 valence electrons. The van der Waals surface area contributed by atoms with Crippen molar-refractivity contribution in [2.75, 3.05) is 31.3 Å². The van der Waals surface area contributed by atoms with Crippen LogP contribution in [-0.4, -0.2) is 54.4 Å². The smallest absolute Gasteiger partial charge is 0.308 e. The van der Waals surface area contributed by atoms with Crippen LogP contribution in [-0.2, 0) is 16.6 Å². The third-order valence-corrected chi connectivity index (χ3v) is 8.16. The number of hydrogen-bond donors (Lipinski definition) is 1. The number of aryl methyl sites for hydroxylation is 1. The minimum absolute atomic E-state index is 0.00317. The fourth-order valence-electron chi connectivity index (χ4n) is 6.28. The molecule has 8 heteroatoms. The van der Waals surface area contributed by atoms with Crippen LogP contribution in [0.2, 0.25) is 0 Å². The predicted molar refractivity (Wildman–Crippen MR) is 150 cm³/mol. The second-order valence-corrected chi connectivity index (χ2v) is 11.8. The summed E-state index contributed by atoms with van der Waals surface area (Å²) in [5.74, 6) is -0.374. The van der Waals surface area contributed by atoms with Gasteiger partial charge < -0.3 is 19.5 Å². The molecule has 2 aliphatic rings. The summed E-state index contributed by atoms with van der Waals surface area (Å²) in [6.45, 7) is 10.2. The van der Waals surface area contributed by atoms with Gasteiger partial charge in [0.05, 0.1) is 12.5 Å². The van der Waals surface area contributed by atoms with Crippen LogP contribution in [0.15, 0.2) is 42.7 Å². The number of amides is 1. The molecule has 3 atom stereocenters. The van der Waals surface area contributed by atoms with Crippen molar-refractivity contribution < 1.29 is 28.7 Å². The zero-order valence-corrected chi connectivity index (χ0v) is 24.1. The number of anilines is 1. The molecule has 0 saturated carbocycles. The molecule has 3 heterocycles. The van der Waals surface area contributed by atoms with Gasteiger partial charge in [0.2, 0.25) is 12.7 Å². The molecule has 8 nitrogen and oxygen atoms in total. The number of benzene rings is 1. The van der Waals surface area contributed by atoms with E-state index >= 15 is 0 Å². The van der Waals surface area contributed by atoms with E-state index < -0.39 is 11.9 Å². The lowest BCUT2D eigenvalue weighted by atomic mass is 9.76. The van der Waals surface area contributed by atoms with Gasteiger partial charge >= 0.3 is 5.97 Å². The van der Waals surface area contributed by atoms with Crippen molar-refractivity contribution in [2.24, 2.45) is 18.4 Å². The maximum absolute atomic E-state index is 13.9. The second-order valence-electron chi connectivity index (χ2n) is 11.8. The monoisotopic (exact) mass is 538 g/mol. The highest BCUT2D eigenvalue weighted by Gasteiger charge is 2.49. The molecule has 0 aliphatic carbocycles. The molecule has 1 aromatic carbocycles. The van der Waals surface area contributed by atoms with Gasteiger partial charge in [0, 0.05) is 31.1 Å². The van der Waals surface area contributed by atoms with E-state index in [-0.39, 0.29) is 36.6 Å². The van der Waals surface area contributed by atoms with Gasteiger partial charge in [-0.1, -0.05) is 46.6 Å². The third kappa shape index (κ3) is 6.72. The molecule has 39 heavy (non-hydrogen) atoms. The van der Waals surface area contributed by atoms with Gasteiger partial charge in [-0.25, -0.2) is 4.57 Å². The Hall–Kier alpha value is -3.13. The SMILES string of the molecule is CCCCN(C(=O)CN1C[C@H](c2ccc3c(c2)OCO3)[C@@H](C(=O)O)[C@@H]1CC(C)(C)CCC)c1ccc[n+](C)c1. The van der Waals surface area contributed by atoms with Gasteiger partial charge in [-0.05, 0) is 48.4 Å². The summed E-state index contributed by atoms with van der Waals surface area (Å²) in [4.78, 5) is 30.8. The summed E-state index contributed by atoms with van der Waals surface area (Å²) >= 11 is 0. The average Bonchev–Trinajstić information content (AvgIpc) is 3.48. The van der Waals surface area contributed by atoms with Gasteiger partial charge in [-0.15, -0.1) is 0 Å². The molecule has 1 amide bonds. The molecule has 0 spiro atoms. The van der Waals surface area contributed by atoms with E-state index in [0.29, 0.717) is 31.0 Å². The second kappa shape index (κ2) is 12.4. The standard InChI is InChI=1S/C31H43N3O5/c1-6-8-15-34(23-10-9-14-32(5)18-23)28(35)20-33-19-24(22-11-12-26-27(16-22)39-21-38-26)29(30(36)37)25(33)17-31(3,4)13-7-2/h9-12,14,16,18,24-25,29H,6-8,13,15,17,19-21H2,1-5H3/p+1/t24-,25+,29-/m1/s1. The predicted octanol–water partition coefficient (Wildman–Crippen LogP) is 4.76.